The first-order chi connectivity index (χ1) is 14.9. The highest BCUT2D eigenvalue weighted by molar-refractivity contribution is 6.30. The first kappa shape index (κ1) is 22.1. The Morgan fingerprint density at radius 3 is 1.68 bits per heavy atom. The maximum atomic E-state index is 12.6. The lowest BCUT2D eigenvalue weighted by Crippen LogP contribution is -2.28. The molecule has 0 atom stereocenters. The van der Waals surface area contributed by atoms with Gasteiger partial charge in [0.1, 0.15) is 0 Å². The van der Waals surface area contributed by atoms with Crippen molar-refractivity contribution in [1.82, 2.24) is 0 Å². The minimum Gasteiger partial charge on any atom is -0.466 e. The van der Waals surface area contributed by atoms with Crippen LogP contribution < -0.4 is 4.90 Å². The van der Waals surface area contributed by atoms with E-state index in [1.165, 1.54) is 21.3 Å². The third-order valence-electron chi connectivity index (χ3n) is 4.81. The molecular weight excluding hydrogens is 422 g/mol. The molecule has 31 heavy (non-hydrogen) atoms. The summed E-state index contributed by atoms with van der Waals surface area (Å²) in [5.41, 5.74) is 2.15. The summed E-state index contributed by atoms with van der Waals surface area (Å²) in [4.78, 5) is 38.6. The molecule has 0 saturated heterocycles. The highest BCUT2D eigenvalue weighted by atomic mass is 35.5. The van der Waals surface area contributed by atoms with Crippen molar-refractivity contribution in [2.75, 3.05) is 26.2 Å². The maximum Gasteiger partial charge on any atom is 0.337 e. The van der Waals surface area contributed by atoms with Gasteiger partial charge in [0.15, 0.2) is 0 Å². The second-order valence-corrected chi connectivity index (χ2v) is 7.02. The van der Waals surface area contributed by atoms with Crippen molar-refractivity contribution in [1.29, 1.82) is 0 Å². The minimum absolute atomic E-state index is 0.241. The SMILES string of the molecule is COC(=O)C1=CN(c2ccc(C(=O)OC)cc2)C=C(C(=O)OC)C1c1ccc(Cl)cc1. The predicted octanol–water partition coefficient (Wildman–Crippen LogP) is 3.84. The third kappa shape index (κ3) is 4.62. The number of anilines is 1. The zero-order chi connectivity index (χ0) is 22.5. The standard InChI is InChI=1S/C23H20ClNO6/c1-29-21(26)15-6-10-17(11-7-15)25-12-18(22(27)30-2)20(19(13-25)23(28)31-3)14-4-8-16(24)9-5-14/h4-13,20H,1-3H3. The second-order valence-electron chi connectivity index (χ2n) is 6.58. The molecule has 1 aliphatic rings. The van der Waals surface area contributed by atoms with Crippen molar-refractivity contribution in [2.24, 2.45) is 0 Å². The molecular formula is C23H20ClNO6. The normalized spacial score (nSPS) is 13.7. The Bertz CT molecular complexity index is 1020. The van der Waals surface area contributed by atoms with Crippen molar-refractivity contribution in [3.05, 3.63) is 88.2 Å². The van der Waals surface area contributed by atoms with Crippen molar-refractivity contribution in [3.8, 4) is 0 Å². The zero-order valence-electron chi connectivity index (χ0n) is 17.1. The van der Waals surface area contributed by atoms with Crippen LogP contribution in [-0.2, 0) is 23.8 Å². The average Bonchev–Trinajstić information content (AvgIpc) is 2.82. The number of rotatable bonds is 5. The number of carbonyl (C=O) groups is 3. The highest BCUT2D eigenvalue weighted by Crippen LogP contribution is 2.38. The predicted molar refractivity (Wildman–Crippen MR) is 115 cm³/mol. The molecule has 0 unspecified atom stereocenters. The van der Waals surface area contributed by atoms with Crippen LogP contribution in [0.4, 0.5) is 5.69 Å². The molecule has 3 rings (SSSR count). The molecule has 0 bridgehead atoms. The molecule has 0 N–H and O–H groups in total. The summed E-state index contributed by atoms with van der Waals surface area (Å²) < 4.78 is 14.7. The topological polar surface area (TPSA) is 82.1 Å². The number of halogens is 1. The molecule has 0 aromatic heterocycles. The number of benzene rings is 2. The molecule has 160 valence electrons. The maximum absolute atomic E-state index is 12.6. The molecule has 2 aromatic rings. The Kier molecular flexibility index (Phi) is 6.77. The Balaban J connectivity index is 2.11. The van der Waals surface area contributed by atoms with Crippen LogP contribution in [0.5, 0.6) is 0 Å². The lowest BCUT2D eigenvalue weighted by Gasteiger charge is -2.30. The van der Waals surface area contributed by atoms with Crippen molar-refractivity contribution in [3.63, 3.8) is 0 Å². The first-order valence-corrected chi connectivity index (χ1v) is 9.59. The average molecular weight is 442 g/mol. The van der Waals surface area contributed by atoms with Crippen LogP contribution in [0.15, 0.2) is 72.1 Å². The zero-order valence-corrected chi connectivity index (χ0v) is 17.9. The summed E-state index contributed by atoms with van der Waals surface area (Å²) in [6.45, 7) is 0. The van der Waals surface area contributed by atoms with Crippen molar-refractivity contribution >= 4 is 35.2 Å². The molecule has 2 aromatic carbocycles. The van der Waals surface area contributed by atoms with E-state index in [0.717, 1.165) is 0 Å². The van der Waals surface area contributed by atoms with Gasteiger partial charge in [-0.3, -0.25) is 0 Å². The van der Waals surface area contributed by atoms with Crippen LogP contribution in [0.25, 0.3) is 0 Å². The Labute approximate surface area is 184 Å². The fourth-order valence-electron chi connectivity index (χ4n) is 3.28. The number of methoxy groups -OCH3 is 3. The van der Waals surface area contributed by atoms with Crippen LogP contribution in [0.1, 0.15) is 21.8 Å². The van der Waals surface area contributed by atoms with Crippen molar-refractivity contribution < 1.29 is 28.6 Å². The van der Waals surface area contributed by atoms with Gasteiger partial charge in [-0.15, -0.1) is 0 Å². The van der Waals surface area contributed by atoms with E-state index in [1.54, 1.807) is 65.8 Å². The van der Waals surface area contributed by atoms with Gasteiger partial charge in [-0.25, -0.2) is 14.4 Å². The van der Waals surface area contributed by atoms with Gasteiger partial charge >= 0.3 is 17.9 Å². The fourth-order valence-corrected chi connectivity index (χ4v) is 3.41. The van der Waals surface area contributed by atoms with Gasteiger partial charge in [0, 0.05) is 23.1 Å². The smallest absolute Gasteiger partial charge is 0.337 e. The lowest BCUT2D eigenvalue weighted by molar-refractivity contribution is -0.137. The number of hydrogen-bond donors (Lipinski definition) is 0. The van der Waals surface area contributed by atoms with E-state index in [-0.39, 0.29) is 11.1 Å². The summed E-state index contributed by atoms with van der Waals surface area (Å²) >= 11 is 6.00. The van der Waals surface area contributed by atoms with E-state index in [2.05, 4.69) is 0 Å². The number of nitrogens with zero attached hydrogens (tertiary/aromatic N) is 1. The van der Waals surface area contributed by atoms with E-state index in [9.17, 15) is 14.4 Å². The van der Waals surface area contributed by atoms with Crippen LogP contribution in [0.3, 0.4) is 0 Å². The summed E-state index contributed by atoms with van der Waals surface area (Å²) in [5, 5.41) is 0.527. The van der Waals surface area contributed by atoms with E-state index < -0.39 is 23.8 Å². The molecule has 8 heteroatoms. The Morgan fingerprint density at radius 2 is 1.23 bits per heavy atom. The molecule has 1 aliphatic heterocycles. The van der Waals surface area contributed by atoms with Crippen LogP contribution in [-0.4, -0.2) is 39.2 Å². The highest BCUT2D eigenvalue weighted by Gasteiger charge is 2.35. The molecule has 0 aliphatic carbocycles. The number of hydrogen-bond acceptors (Lipinski definition) is 7. The van der Waals surface area contributed by atoms with E-state index >= 15 is 0 Å². The lowest BCUT2D eigenvalue weighted by atomic mass is 9.83. The molecule has 0 saturated carbocycles. The fraction of sp³-hybridized carbons (Fsp3) is 0.174. The van der Waals surface area contributed by atoms with Crippen molar-refractivity contribution in [2.45, 2.75) is 5.92 Å². The summed E-state index contributed by atoms with van der Waals surface area (Å²) in [7, 11) is 3.84. The van der Waals surface area contributed by atoms with Gasteiger partial charge in [0.25, 0.3) is 0 Å². The van der Waals surface area contributed by atoms with E-state index in [1.807, 2.05) is 0 Å². The van der Waals surface area contributed by atoms with Gasteiger partial charge < -0.3 is 19.1 Å². The number of esters is 3. The van der Waals surface area contributed by atoms with E-state index in [4.69, 9.17) is 25.8 Å². The monoisotopic (exact) mass is 441 g/mol. The number of carbonyl (C=O) groups excluding carboxylic acids is 3. The van der Waals surface area contributed by atoms with Gasteiger partial charge in [0.2, 0.25) is 0 Å². The van der Waals surface area contributed by atoms with Gasteiger partial charge in [0.05, 0.1) is 44.0 Å². The molecule has 7 nitrogen and oxygen atoms in total. The largest absolute Gasteiger partial charge is 0.466 e. The summed E-state index contributed by atoms with van der Waals surface area (Å²) in [5.74, 6) is -2.36. The van der Waals surface area contributed by atoms with Gasteiger partial charge in [-0.1, -0.05) is 23.7 Å². The van der Waals surface area contributed by atoms with Gasteiger partial charge in [-0.2, -0.15) is 0 Å². The molecule has 0 amide bonds. The summed E-state index contributed by atoms with van der Waals surface area (Å²) in [6, 6.07) is 13.4. The molecule has 0 radical (unpaired) electrons. The number of ether oxygens (including phenoxy) is 3. The second kappa shape index (κ2) is 9.49. The summed E-state index contributed by atoms with van der Waals surface area (Å²) in [6.07, 6.45) is 3.18. The molecule has 0 spiro atoms. The quantitative estimate of drug-likeness (QED) is 0.515. The third-order valence-corrected chi connectivity index (χ3v) is 5.06. The molecule has 1 heterocycles. The minimum atomic E-state index is -0.706. The molecule has 0 fully saturated rings. The van der Waals surface area contributed by atoms with Gasteiger partial charge in [-0.05, 0) is 42.0 Å². The Morgan fingerprint density at radius 1 is 0.742 bits per heavy atom. The van der Waals surface area contributed by atoms with Crippen LogP contribution in [0, 0.1) is 0 Å². The van der Waals surface area contributed by atoms with Crippen LogP contribution in [0.2, 0.25) is 5.02 Å². The van der Waals surface area contributed by atoms with Crippen LogP contribution >= 0.6 is 11.6 Å². The van der Waals surface area contributed by atoms with E-state index in [0.29, 0.717) is 21.8 Å². The Hall–Kier alpha value is -3.58. The first-order valence-electron chi connectivity index (χ1n) is 9.21.